The predicted octanol–water partition coefficient (Wildman–Crippen LogP) is 2.71. The number of aromatic nitrogens is 3. The predicted molar refractivity (Wildman–Crippen MR) is 85.6 cm³/mol. The third-order valence-electron chi connectivity index (χ3n) is 3.88. The highest BCUT2D eigenvalue weighted by atomic mass is 16.5. The SMILES string of the molecule is COc1cccc2c1ncc1c(=O)n3c(C)cccc3nc12. The quantitative estimate of drug-likeness (QED) is 0.400. The number of aryl methyl sites for hydroxylation is 1. The molecule has 0 aliphatic carbocycles. The van der Waals surface area contributed by atoms with E-state index in [1.54, 1.807) is 17.7 Å². The summed E-state index contributed by atoms with van der Waals surface area (Å²) in [5, 5.41) is 1.32. The summed E-state index contributed by atoms with van der Waals surface area (Å²) in [4.78, 5) is 21.8. The minimum atomic E-state index is -0.102. The summed E-state index contributed by atoms with van der Waals surface area (Å²) in [6.07, 6.45) is 1.58. The Morgan fingerprint density at radius 3 is 2.68 bits per heavy atom. The third-order valence-corrected chi connectivity index (χ3v) is 3.88. The number of hydrogen-bond acceptors (Lipinski definition) is 4. The fourth-order valence-corrected chi connectivity index (χ4v) is 2.81. The molecule has 22 heavy (non-hydrogen) atoms. The van der Waals surface area contributed by atoms with E-state index in [0.29, 0.717) is 27.8 Å². The van der Waals surface area contributed by atoms with Crippen LogP contribution in [-0.2, 0) is 0 Å². The van der Waals surface area contributed by atoms with Crippen LogP contribution >= 0.6 is 0 Å². The molecule has 5 heteroatoms. The molecule has 0 aliphatic heterocycles. The summed E-state index contributed by atoms with van der Waals surface area (Å²) < 4.78 is 6.95. The highest BCUT2D eigenvalue weighted by Gasteiger charge is 2.12. The highest BCUT2D eigenvalue weighted by Crippen LogP contribution is 2.27. The Balaban J connectivity index is 2.29. The van der Waals surface area contributed by atoms with Crippen LogP contribution in [0.15, 0.2) is 47.4 Å². The Morgan fingerprint density at radius 2 is 1.86 bits per heavy atom. The van der Waals surface area contributed by atoms with Gasteiger partial charge in [0.2, 0.25) is 0 Å². The smallest absolute Gasteiger partial charge is 0.267 e. The van der Waals surface area contributed by atoms with Gasteiger partial charge in [0.1, 0.15) is 16.9 Å². The van der Waals surface area contributed by atoms with Crippen molar-refractivity contribution in [3.05, 3.63) is 58.6 Å². The molecule has 108 valence electrons. The largest absolute Gasteiger partial charge is 0.494 e. The van der Waals surface area contributed by atoms with Crippen LogP contribution in [0.25, 0.3) is 27.5 Å². The van der Waals surface area contributed by atoms with Crippen molar-refractivity contribution in [1.82, 2.24) is 14.4 Å². The van der Waals surface area contributed by atoms with Gasteiger partial charge in [-0.25, -0.2) is 4.98 Å². The molecule has 3 aromatic heterocycles. The van der Waals surface area contributed by atoms with Crippen LogP contribution in [0, 0.1) is 6.92 Å². The first-order valence-electron chi connectivity index (χ1n) is 6.94. The van der Waals surface area contributed by atoms with E-state index in [9.17, 15) is 4.79 Å². The van der Waals surface area contributed by atoms with E-state index in [1.165, 1.54) is 0 Å². The fraction of sp³-hybridized carbons (Fsp3) is 0.118. The molecule has 3 heterocycles. The molecule has 0 spiro atoms. The van der Waals surface area contributed by atoms with Gasteiger partial charge >= 0.3 is 0 Å². The zero-order valence-electron chi connectivity index (χ0n) is 12.2. The van der Waals surface area contributed by atoms with Crippen molar-refractivity contribution in [1.29, 1.82) is 0 Å². The highest BCUT2D eigenvalue weighted by molar-refractivity contribution is 6.05. The van der Waals surface area contributed by atoms with E-state index in [2.05, 4.69) is 9.97 Å². The van der Waals surface area contributed by atoms with Gasteiger partial charge in [-0.05, 0) is 25.1 Å². The van der Waals surface area contributed by atoms with Crippen LogP contribution in [0.5, 0.6) is 5.75 Å². The summed E-state index contributed by atoms with van der Waals surface area (Å²) in [5.74, 6) is 0.672. The molecule has 0 unspecified atom stereocenters. The number of hydrogen-bond donors (Lipinski definition) is 0. The van der Waals surface area contributed by atoms with Gasteiger partial charge in [-0.15, -0.1) is 0 Å². The normalized spacial score (nSPS) is 11.4. The lowest BCUT2D eigenvalue weighted by molar-refractivity contribution is 0.419. The molecule has 0 N–H and O–H groups in total. The third kappa shape index (κ3) is 1.62. The van der Waals surface area contributed by atoms with E-state index < -0.39 is 0 Å². The molecule has 0 saturated heterocycles. The average molecular weight is 291 g/mol. The first-order valence-corrected chi connectivity index (χ1v) is 6.94. The number of rotatable bonds is 1. The number of pyridine rings is 2. The Labute approximate surface area is 125 Å². The van der Waals surface area contributed by atoms with Crippen molar-refractivity contribution >= 4 is 27.5 Å². The van der Waals surface area contributed by atoms with Crippen molar-refractivity contribution in [2.45, 2.75) is 6.92 Å². The number of ether oxygens (including phenoxy) is 1. The zero-order chi connectivity index (χ0) is 15.3. The zero-order valence-corrected chi connectivity index (χ0v) is 12.2. The maximum Gasteiger partial charge on any atom is 0.267 e. The standard InChI is InChI=1S/C17H13N3O2/c1-10-5-3-8-14-19-15-11-6-4-7-13(22-2)16(11)18-9-12(15)17(21)20(10)14/h3-9H,1-2H3. The van der Waals surface area contributed by atoms with Crippen molar-refractivity contribution in [3.8, 4) is 5.75 Å². The molecule has 0 bridgehead atoms. The van der Waals surface area contributed by atoms with Gasteiger partial charge in [0.05, 0.1) is 18.0 Å². The minimum absolute atomic E-state index is 0.102. The first-order chi connectivity index (χ1) is 10.7. The topological polar surface area (TPSA) is 56.5 Å². The van der Waals surface area contributed by atoms with E-state index in [4.69, 9.17) is 4.74 Å². The molecule has 5 nitrogen and oxygen atoms in total. The second kappa shape index (κ2) is 4.53. The van der Waals surface area contributed by atoms with E-state index >= 15 is 0 Å². The van der Waals surface area contributed by atoms with Gasteiger partial charge in [-0.1, -0.05) is 18.2 Å². The lowest BCUT2D eigenvalue weighted by atomic mass is 10.1. The van der Waals surface area contributed by atoms with Crippen LogP contribution in [0.4, 0.5) is 0 Å². The Kier molecular flexibility index (Phi) is 2.63. The van der Waals surface area contributed by atoms with Gasteiger partial charge in [0, 0.05) is 17.3 Å². The van der Waals surface area contributed by atoms with Gasteiger partial charge in [0.25, 0.3) is 5.56 Å². The summed E-state index contributed by atoms with van der Waals surface area (Å²) in [6.45, 7) is 1.89. The molecule has 0 atom stereocenters. The molecular weight excluding hydrogens is 278 g/mol. The Morgan fingerprint density at radius 1 is 1.05 bits per heavy atom. The maximum absolute atomic E-state index is 12.8. The first kappa shape index (κ1) is 12.8. The fourth-order valence-electron chi connectivity index (χ4n) is 2.81. The molecule has 0 fully saturated rings. The van der Waals surface area contributed by atoms with Crippen LogP contribution in [-0.4, -0.2) is 21.5 Å². The molecule has 0 radical (unpaired) electrons. The second-order valence-corrected chi connectivity index (χ2v) is 5.15. The summed E-state index contributed by atoms with van der Waals surface area (Å²) in [6, 6.07) is 11.2. The number of methoxy groups -OCH3 is 1. The Hall–Kier alpha value is -2.95. The summed E-state index contributed by atoms with van der Waals surface area (Å²) >= 11 is 0. The lowest BCUT2D eigenvalue weighted by Crippen LogP contribution is -2.17. The van der Waals surface area contributed by atoms with Crippen LogP contribution < -0.4 is 10.3 Å². The molecule has 0 aliphatic rings. The Bertz CT molecular complexity index is 1100. The van der Waals surface area contributed by atoms with Gasteiger partial charge < -0.3 is 4.74 Å². The average Bonchev–Trinajstić information content (AvgIpc) is 2.54. The summed E-state index contributed by atoms with van der Waals surface area (Å²) in [5.41, 5.74) is 2.74. The van der Waals surface area contributed by atoms with Crippen LogP contribution in [0.3, 0.4) is 0 Å². The number of fused-ring (bicyclic) bond motifs is 4. The number of para-hydroxylation sites is 1. The number of benzene rings is 1. The maximum atomic E-state index is 12.8. The second-order valence-electron chi connectivity index (χ2n) is 5.15. The van der Waals surface area contributed by atoms with Crippen LogP contribution in [0.1, 0.15) is 5.69 Å². The van der Waals surface area contributed by atoms with Crippen molar-refractivity contribution in [2.75, 3.05) is 7.11 Å². The minimum Gasteiger partial charge on any atom is -0.494 e. The van der Waals surface area contributed by atoms with Gasteiger partial charge in [-0.2, -0.15) is 0 Å². The van der Waals surface area contributed by atoms with E-state index in [0.717, 1.165) is 11.1 Å². The molecule has 4 rings (SSSR count). The molecule has 1 aromatic carbocycles. The van der Waals surface area contributed by atoms with Crippen molar-refractivity contribution < 1.29 is 4.74 Å². The van der Waals surface area contributed by atoms with Crippen molar-refractivity contribution in [2.24, 2.45) is 0 Å². The van der Waals surface area contributed by atoms with E-state index in [1.807, 2.05) is 43.3 Å². The van der Waals surface area contributed by atoms with Gasteiger partial charge in [0.15, 0.2) is 0 Å². The van der Waals surface area contributed by atoms with Crippen LogP contribution in [0.2, 0.25) is 0 Å². The van der Waals surface area contributed by atoms with Gasteiger partial charge in [-0.3, -0.25) is 14.2 Å². The summed E-state index contributed by atoms with van der Waals surface area (Å²) in [7, 11) is 1.60. The molecular formula is C17H13N3O2. The monoisotopic (exact) mass is 291 g/mol. The van der Waals surface area contributed by atoms with Crippen molar-refractivity contribution in [3.63, 3.8) is 0 Å². The molecule has 0 amide bonds. The van der Waals surface area contributed by atoms with E-state index in [-0.39, 0.29) is 5.56 Å². The molecule has 0 saturated carbocycles. The lowest BCUT2D eigenvalue weighted by Gasteiger charge is -2.09. The molecule has 4 aromatic rings. The number of nitrogens with zero attached hydrogens (tertiary/aromatic N) is 3.